The Morgan fingerprint density at radius 2 is 2.17 bits per heavy atom. The fourth-order valence-corrected chi connectivity index (χ4v) is 3.30. The van der Waals surface area contributed by atoms with E-state index in [0.717, 1.165) is 44.0 Å². The number of rotatable bonds is 4. The molecule has 0 bridgehead atoms. The monoisotopic (exact) mass is 253 g/mol. The van der Waals surface area contributed by atoms with Crippen LogP contribution in [0.5, 0.6) is 0 Å². The molecule has 0 saturated heterocycles. The van der Waals surface area contributed by atoms with Gasteiger partial charge in [0.05, 0.1) is 18.2 Å². The number of methoxy groups -OCH3 is 1. The van der Waals surface area contributed by atoms with E-state index in [1.807, 2.05) is 14.2 Å². The molecule has 0 radical (unpaired) electrons. The first kappa shape index (κ1) is 13.9. The smallest absolute Gasteiger partial charge is 0.112 e. The summed E-state index contributed by atoms with van der Waals surface area (Å²) in [7, 11) is 3.87. The second kappa shape index (κ2) is 6.07. The van der Waals surface area contributed by atoms with E-state index in [1.54, 1.807) is 0 Å². The topological polar surface area (TPSA) is 30.5 Å². The van der Waals surface area contributed by atoms with Crippen LogP contribution in [-0.2, 0) is 9.47 Å². The highest BCUT2D eigenvalue weighted by atomic mass is 16.5. The van der Waals surface area contributed by atoms with Crippen LogP contribution in [0.15, 0.2) is 11.8 Å². The Morgan fingerprint density at radius 1 is 1.44 bits per heavy atom. The van der Waals surface area contributed by atoms with Crippen molar-refractivity contribution in [2.75, 3.05) is 20.8 Å². The third kappa shape index (κ3) is 2.72. The van der Waals surface area contributed by atoms with Crippen molar-refractivity contribution in [2.45, 2.75) is 57.1 Å². The third-order valence-corrected chi connectivity index (χ3v) is 4.59. The van der Waals surface area contributed by atoms with Gasteiger partial charge in [-0.25, -0.2) is 0 Å². The van der Waals surface area contributed by atoms with Crippen LogP contribution in [0.2, 0.25) is 0 Å². The molecule has 3 heteroatoms. The van der Waals surface area contributed by atoms with Crippen LogP contribution >= 0.6 is 0 Å². The van der Waals surface area contributed by atoms with E-state index in [1.165, 1.54) is 12.8 Å². The standard InChI is InChI=1S/C15H27NO2/c1-12-7-9-15(17-3,10-8-12)14(16-2)13-6-4-5-11-18-13/h6,12,14,16H,4-5,7-11H2,1-3H3. The number of hydrogen-bond donors (Lipinski definition) is 1. The molecular formula is C15H27NO2. The van der Waals surface area contributed by atoms with E-state index >= 15 is 0 Å². The summed E-state index contributed by atoms with van der Waals surface area (Å²) in [6.07, 6.45) is 9.25. The van der Waals surface area contributed by atoms with E-state index in [0.29, 0.717) is 0 Å². The quantitative estimate of drug-likeness (QED) is 0.835. The van der Waals surface area contributed by atoms with E-state index in [9.17, 15) is 0 Å². The van der Waals surface area contributed by atoms with Crippen LogP contribution in [0, 0.1) is 5.92 Å². The van der Waals surface area contributed by atoms with Crippen molar-refractivity contribution in [1.29, 1.82) is 0 Å². The van der Waals surface area contributed by atoms with Crippen LogP contribution in [0.1, 0.15) is 45.4 Å². The molecule has 2 rings (SSSR count). The molecule has 1 unspecified atom stereocenters. The zero-order valence-electron chi connectivity index (χ0n) is 12.0. The van der Waals surface area contributed by atoms with Crippen molar-refractivity contribution in [3.8, 4) is 0 Å². The van der Waals surface area contributed by atoms with E-state index in [2.05, 4.69) is 18.3 Å². The van der Waals surface area contributed by atoms with Crippen molar-refractivity contribution in [3.05, 3.63) is 11.8 Å². The maximum absolute atomic E-state index is 5.95. The molecule has 0 spiro atoms. The lowest BCUT2D eigenvalue weighted by Crippen LogP contribution is -2.54. The maximum atomic E-state index is 5.95. The number of allylic oxidation sites excluding steroid dienone is 1. The Kier molecular flexibility index (Phi) is 4.68. The first-order valence-electron chi connectivity index (χ1n) is 7.27. The molecule has 104 valence electrons. The Hall–Kier alpha value is -0.540. The molecule has 1 heterocycles. The average molecular weight is 253 g/mol. The number of hydrogen-bond acceptors (Lipinski definition) is 3. The highest BCUT2D eigenvalue weighted by molar-refractivity contribution is 5.14. The lowest BCUT2D eigenvalue weighted by Gasteiger charge is -2.44. The third-order valence-electron chi connectivity index (χ3n) is 4.59. The van der Waals surface area contributed by atoms with Crippen molar-refractivity contribution in [1.82, 2.24) is 5.32 Å². The highest BCUT2D eigenvalue weighted by Gasteiger charge is 2.43. The second-order valence-corrected chi connectivity index (χ2v) is 5.77. The SMILES string of the molecule is CNC(C1=CCCCO1)C1(OC)CCC(C)CC1. The maximum Gasteiger partial charge on any atom is 0.112 e. The predicted molar refractivity (Wildman–Crippen MR) is 73.5 cm³/mol. The normalized spacial score (nSPS) is 34.6. The fourth-order valence-electron chi connectivity index (χ4n) is 3.30. The minimum Gasteiger partial charge on any atom is -0.496 e. The molecule has 0 aromatic carbocycles. The van der Waals surface area contributed by atoms with Crippen molar-refractivity contribution < 1.29 is 9.47 Å². The second-order valence-electron chi connectivity index (χ2n) is 5.77. The van der Waals surface area contributed by atoms with Gasteiger partial charge in [0, 0.05) is 7.11 Å². The summed E-state index contributed by atoms with van der Waals surface area (Å²) in [6, 6.07) is 0.204. The van der Waals surface area contributed by atoms with Gasteiger partial charge >= 0.3 is 0 Å². The van der Waals surface area contributed by atoms with Crippen LogP contribution in [0.25, 0.3) is 0 Å². The van der Waals surface area contributed by atoms with Crippen LogP contribution in [-0.4, -0.2) is 32.4 Å². The van der Waals surface area contributed by atoms with Crippen LogP contribution < -0.4 is 5.32 Å². The Labute approximate surface area is 111 Å². The van der Waals surface area contributed by atoms with E-state index in [4.69, 9.17) is 9.47 Å². The van der Waals surface area contributed by atoms with Crippen molar-refractivity contribution in [2.24, 2.45) is 5.92 Å². The van der Waals surface area contributed by atoms with Gasteiger partial charge in [0.25, 0.3) is 0 Å². The van der Waals surface area contributed by atoms with Gasteiger partial charge in [-0.15, -0.1) is 0 Å². The fraction of sp³-hybridized carbons (Fsp3) is 0.867. The number of ether oxygens (including phenoxy) is 2. The zero-order valence-corrected chi connectivity index (χ0v) is 12.0. The largest absolute Gasteiger partial charge is 0.496 e. The first-order valence-corrected chi connectivity index (χ1v) is 7.27. The Morgan fingerprint density at radius 3 is 2.67 bits per heavy atom. The van der Waals surface area contributed by atoms with Gasteiger partial charge in [-0.3, -0.25) is 0 Å². The summed E-state index contributed by atoms with van der Waals surface area (Å²) >= 11 is 0. The zero-order chi connectivity index (χ0) is 13.0. The predicted octanol–water partition coefficient (Wildman–Crippen LogP) is 2.86. The summed E-state index contributed by atoms with van der Waals surface area (Å²) in [5, 5.41) is 3.43. The van der Waals surface area contributed by atoms with Crippen molar-refractivity contribution >= 4 is 0 Å². The van der Waals surface area contributed by atoms with Crippen LogP contribution in [0.4, 0.5) is 0 Å². The molecule has 18 heavy (non-hydrogen) atoms. The molecule has 0 aromatic heterocycles. The molecule has 1 N–H and O–H groups in total. The summed E-state index contributed by atoms with van der Waals surface area (Å²) < 4.78 is 11.8. The van der Waals surface area contributed by atoms with Gasteiger partial charge < -0.3 is 14.8 Å². The Balaban J connectivity index is 2.15. The molecule has 2 aliphatic rings. The molecule has 0 aromatic rings. The summed E-state index contributed by atoms with van der Waals surface area (Å²) in [5.41, 5.74) is -0.0789. The molecular weight excluding hydrogens is 226 g/mol. The van der Waals surface area contributed by atoms with Gasteiger partial charge in [0.1, 0.15) is 5.76 Å². The molecule has 1 saturated carbocycles. The molecule has 1 aliphatic heterocycles. The van der Waals surface area contributed by atoms with E-state index < -0.39 is 0 Å². The lowest BCUT2D eigenvalue weighted by molar-refractivity contribution is -0.0765. The lowest BCUT2D eigenvalue weighted by atomic mass is 9.74. The minimum absolute atomic E-state index is 0.0789. The summed E-state index contributed by atoms with van der Waals surface area (Å²) in [4.78, 5) is 0. The first-order chi connectivity index (χ1) is 8.72. The van der Waals surface area contributed by atoms with E-state index in [-0.39, 0.29) is 11.6 Å². The molecule has 1 atom stereocenters. The summed E-state index contributed by atoms with van der Waals surface area (Å²) in [5.74, 6) is 1.92. The molecule has 3 nitrogen and oxygen atoms in total. The molecule has 0 amide bonds. The Bertz CT molecular complexity index is 293. The minimum atomic E-state index is -0.0789. The van der Waals surface area contributed by atoms with Gasteiger partial charge in [-0.1, -0.05) is 6.92 Å². The van der Waals surface area contributed by atoms with Gasteiger partial charge in [-0.05, 0) is 57.6 Å². The molecule has 1 fully saturated rings. The highest BCUT2D eigenvalue weighted by Crippen LogP contribution is 2.39. The summed E-state index contributed by atoms with van der Waals surface area (Å²) in [6.45, 7) is 3.19. The average Bonchev–Trinajstić information content (AvgIpc) is 2.43. The number of likely N-dealkylation sites (N-methyl/N-ethyl adjacent to an activating group) is 1. The van der Waals surface area contributed by atoms with Crippen LogP contribution in [0.3, 0.4) is 0 Å². The van der Waals surface area contributed by atoms with Gasteiger partial charge in [0.15, 0.2) is 0 Å². The number of nitrogens with one attached hydrogen (secondary N) is 1. The van der Waals surface area contributed by atoms with Gasteiger partial charge in [-0.2, -0.15) is 0 Å². The molecule has 1 aliphatic carbocycles. The van der Waals surface area contributed by atoms with Gasteiger partial charge in [0.2, 0.25) is 0 Å². The van der Waals surface area contributed by atoms with Crippen molar-refractivity contribution in [3.63, 3.8) is 0 Å².